The van der Waals surface area contributed by atoms with Crippen LogP contribution in [0, 0.1) is 0 Å². The molecule has 0 saturated heterocycles. The Labute approximate surface area is 86.7 Å². The van der Waals surface area contributed by atoms with E-state index in [1.54, 1.807) is 18.1 Å². The minimum Gasteiger partial charge on any atom is -0.245 e. The molecule has 2 rings (SSSR count). The van der Waals surface area contributed by atoms with Crippen LogP contribution < -0.4 is 0 Å². The van der Waals surface area contributed by atoms with Crippen LogP contribution in [0.5, 0.6) is 0 Å². The van der Waals surface area contributed by atoms with E-state index in [4.69, 9.17) is 0 Å². The first-order valence-corrected chi connectivity index (χ1v) is 5.68. The molecule has 4 nitrogen and oxygen atoms in total. The number of nitrogens with zero attached hydrogens (tertiary/aromatic N) is 4. The highest BCUT2D eigenvalue weighted by molar-refractivity contribution is 7.98. The van der Waals surface area contributed by atoms with Gasteiger partial charge in [-0.05, 0) is 20.1 Å². The zero-order valence-corrected chi connectivity index (χ0v) is 9.25. The highest BCUT2D eigenvalue weighted by Crippen LogP contribution is 2.23. The summed E-state index contributed by atoms with van der Waals surface area (Å²) < 4.78 is 1.91. The molecule has 0 fully saturated rings. The van der Waals surface area contributed by atoms with E-state index in [1.807, 2.05) is 17.1 Å². The molecule has 0 atom stereocenters. The molecule has 0 aliphatic rings. The fourth-order valence-electron chi connectivity index (χ4n) is 1.38. The molecular formula is C9H12N4S. The van der Waals surface area contributed by atoms with Crippen molar-refractivity contribution in [1.82, 2.24) is 19.7 Å². The third kappa shape index (κ3) is 1.37. The Kier molecular flexibility index (Phi) is 2.41. The number of hydrogen-bond donors (Lipinski definition) is 0. The number of fused-ring (bicyclic) bond motifs is 1. The maximum atomic E-state index is 4.30. The van der Waals surface area contributed by atoms with Crippen molar-refractivity contribution in [2.24, 2.45) is 0 Å². The van der Waals surface area contributed by atoms with E-state index >= 15 is 0 Å². The lowest BCUT2D eigenvalue weighted by Crippen LogP contribution is -2.03. The van der Waals surface area contributed by atoms with Gasteiger partial charge in [0, 0.05) is 6.04 Å². The quantitative estimate of drug-likeness (QED) is 0.560. The molecule has 0 radical (unpaired) electrons. The fourth-order valence-corrected chi connectivity index (χ4v) is 1.90. The van der Waals surface area contributed by atoms with E-state index in [0.29, 0.717) is 6.04 Å². The van der Waals surface area contributed by atoms with Gasteiger partial charge in [-0.3, -0.25) is 0 Å². The van der Waals surface area contributed by atoms with Crippen LogP contribution in [0.3, 0.4) is 0 Å². The average molecular weight is 208 g/mol. The maximum absolute atomic E-state index is 4.30. The first-order chi connectivity index (χ1) is 6.74. The van der Waals surface area contributed by atoms with Crippen molar-refractivity contribution in [3.63, 3.8) is 0 Å². The van der Waals surface area contributed by atoms with E-state index in [1.165, 1.54) is 0 Å². The van der Waals surface area contributed by atoms with Gasteiger partial charge in [-0.1, -0.05) is 0 Å². The van der Waals surface area contributed by atoms with Gasteiger partial charge in [0.25, 0.3) is 0 Å². The van der Waals surface area contributed by atoms with Crippen LogP contribution in [-0.4, -0.2) is 26.0 Å². The number of hydrogen-bond acceptors (Lipinski definition) is 4. The first kappa shape index (κ1) is 9.45. The van der Waals surface area contributed by atoms with Gasteiger partial charge in [-0.25, -0.2) is 14.6 Å². The molecule has 2 heterocycles. The summed E-state index contributed by atoms with van der Waals surface area (Å²) in [5, 5.41) is 6.33. The lowest BCUT2D eigenvalue weighted by atomic mass is 10.4. The lowest BCUT2D eigenvalue weighted by Gasteiger charge is -2.05. The Morgan fingerprint density at radius 1 is 1.36 bits per heavy atom. The van der Waals surface area contributed by atoms with E-state index in [2.05, 4.69) is 28.9 Å². The lowest BCUT2D eigenvalue weighted by molar-refractivity contribution is 0.546. The van der Waals surface area contributed by atoms with Crippen LogP contribution in [0.1, 0.15) is 19.9 Å². The van der Waals surface area contributed by atoms with Gasteiger partial charge < -0.3 is 0 Å². The molecule has 0 unspecified atom stereocenters. The Hall–Kier alpha value is -1.10. The zero-order valence-electron chi connectivity index (χ0n) is 8.43. The van der Waals surface area contributed by atoms with E-state index < -0.39 is 0 Å². The zero-order chi connectivity index (χ0) is 10.1. The predicted octanol–water partition coefficient (Wildman–Crippen LogP) is 2.13. The number of rotatable bonds is 2. The van der Waals surface area contributed by atoms with Crippen molar-refractivity contribution in [3.05, 3.63) is 12.5 Å². The molecule has 0 aliphatic carbocycles. The monoisotopic (exact) mass is 208 g/mol. The molecular weight excluding hydrogens is 196 g/mol. The van der Waals surface area contributed by atoms with Crippen molar-refractivity contribution in [2.75, 3.05) is 6.26 Å². The molecule has 0 saturated carbocycles. The molecule has 5 heteroatoms. The minimum atomic E-state index is 0.331. The minimum absolute atomic E-state index is 0.331. The molecule has 2 aromatic heterocycles. The molecule has 0 aromatic carbocycles. The normalized spacial score (nSPS) is 11.4. The summed E-state index contributed by atoms with van der Waals surface area (Å²) >= 11 is 1.62. The van der Waals surface area contributed by atoms with Crippen molar-refractivity contribution in [3.8, 4) is 0 Å². The standard InChI is InChI=1S/C9H12N4S/c1-6(2)13-8-7(4-12-13)9(14-3)11-5-10-8/h4-6H,1-3H3. The second-order valence-electron chi connectivity index (χ2n) is 3.30. The molecule has 14 heavy (non-hydrogen) atoms. The molecule has 0 spiro atoms. The third-order valence-electron chi connectivity index (χ3n) is 2.04. The Morgan fingerprint density at radius 2 is 2.14 bits per heavy atom. The van der Waals surface area contributed by atoms with Crippen LogP contribution in [0.2, 0.25) is 0 Å². The van der Waals surface area contributed by atoms with Crippen molar-refractivity contribution in [2.45, 2.75) is 24.9 Å². The second-order valence-corrected chi connectivity index (χ2v) is 4.10. The summed E-state index contributed by atoms with van der Waals surface area (Å²) in [6.45, 7) is 4.18. The Balaban J connectivity index is 2.69. The summed E-state index contributed by atoms with van der Waals surface area (Å²) in [6.07, 6.45) is 5.43. The SMILES string of the molecule is CSc1ncnc2c1cnn2C(C)C. The van der Waals surface area contributed by atoms with Crippen molar-refractivity contribution < 1.29 is 0 Å². The smallest absolute Gasteiger partial charge is 0.162 e. The van der Waals surface area contributed by atoms with Gasteiger partial charge in [-0.15, -0.1) is 11.8 Å². The van der Waals surface area contributed by atoms with Crippen molar-refractivity contribution >= 4 is 22.8 Å². The van der Waals surface area contributed by atoms with Gasteiger partial charge in [0.05, 0.1) is 11.6 Å². The third-order valence-corrected chi connectivity index (χ3v) is 2.75. The fraction of sp³-hybridized carbons (Fsp3) is 0.444. The summed E-state index contributed by atoms with van der Waals surface area (Å²) in [5.74, 6) is 0. The molecule has 2 aromatic rings. The summed E-state index contributed by atoms with van der Waals surface area (Å²) in [4.78, 5) is 8.44. The van der Waals surface area contributed by atoms with Gasteiger partial charge in [0.2, 0.25) is 0 Å². The van der Waals surface area contributed by atoms with Crippen molar-refractivity contribution in [1.29, 1.82) is 0 Å². The van der Waals surface area contributed by atoms with Gasteiger partial charge in [0.15, 0.2) is 5.65 Å². The second kappa shape index (κ2) is 3.57. The molecule has 0 bridgehead atoms. The maximum Gasteiger partial charge on any atom is 0.162 e. The Bertz CT molecular complexity index is 449. The summed E-state index contributed by atoms with van der Waals surface area (Å²) in [5.41, 5.74) is 0.916. The highest BCUT2D eigenvalue weighted by Gasteiger charge is 2.10. The summed E-state index contributed by atoms with van der Waals surface area (Å²) in [7, 11) is 0. The first-order valence-electron chi connectivity index (χ1n) is 4.46. The molecule has 0 aliphatic heterocycles. The van der Waals surface area contributed by atoms with Gasteiger partial charge in [-0.2, -0.15) is 5.10 Å². The molecule has 0 N–H and O–H groups in total. The molecule has 74 valence electrons. The van der Waals surface area contributed by atoms with E-state index in [-0.39, 0.29) is 0 Å². The summed E-state index contributed by atoms with van der Waals surface area (Å²) in [6, 6.07) is 0.331. The van der Waals surface area contributed by atoms with Gasteiger partial charge >= 0.3 is 0 Å². The van der Waals surface area contributed by atoms with E-state index in [9.17, 15) is 0 Å². The van der Waals surface area contributed by atoms with Crippen LogP contribution in [0.4, 0.5) is 0 Å². The van der Waals surface area contributed by atoms with Crippen LogP contribution in [0.25, 0.3) is 11.0 Å². The number of thioether (sulfide) groups is 1. The number of aromatic nitrogens is 4. The Morgan fingerprint density at radius 3 is 2.79 bits per heavy atom. The van der Waals surface area contributed by atoms with Crippen LogP contribution in [-0.2, 0) is 0 Å². The average Bonchev–Trinajstić information content (AvgIpc) is 2.60. The highest BCUT2D eigenvalue weighted by atomic mass is 32.2. The van der Waals surface area contributed by atoms with Gasteiger partial charge in [0.1, 0.15) is 11.4 Å². The van der Waals surface area contributed by atoms with Crippen LogP contribution in [0.15, 0.2) is 17.6 Å². The van der Waals surface area contributed by atoms with E-state index in [0.717, 1.165) is 16.1 Å². The van der Waals surface area contributed by atoms with Crippen LogP contribution >= 0.6 is 11.8 Å². The predicted molar refractivity (Wildman–Crippen MR) is 57.5 cm³/mol. The molecule has 0 amide bonds. The largest absolute Gasteiger partial charge is 0.245 e. The topological polar surface area (TPSA) is 43.6 Å².